The molecule has 2 aliphatic rings. The number of carboxylic acids is 1. The van der Waals surface area contributed by atoms with E-state index in [4.69, 9.17) is 5.11 Å². The van der Waals surface area contributed by atoms with Gasteiger partial charge < -0.3 is 15.5 Å². The van der Waals surface area contributed by atoms with Gasteiger partial charge in [0.05, 0.1) is 6.54 Å². The average molecular weight is 332 g/mol. The Kier molecular flexibility index (Phi) is 4.76. The Morgan fingerprint density at radius 1 is 1.29 bits per heavy atom. The highest BCUT2D eigenvalue weighted by Crippen LogP contribution is 2.33. The number of nitrogens with zero attached hydrogens (tertiary/aromatic N) is 1. The van der Waals surface area contributed by atoms with E-state index in [1.807, 2.05) is 4.90 Å². The van der Waals surface area contributed by atoms with Gasteiger partial charge in [0.25, 0.3) is 5.91 Å². The van der Waals surface area contributed by atoms with E-state index in [2.05, 4.69) is 5.32 Å². The molecule has 1 aromatic carbocycles. The summed E-state index contributed by atoms with van der Waals surface area (Å²) in [6.07, 6.45) is 3.95. The number of aliphatic carboxylic acids is 1. The fourth-order valence-corrected chi connectivity index (χ4v) is 3.17. The molecule has 2 aliphatic carbocycles. The highest BCUT2D eigenvalue weighted by atomic mass is 16.4. The molecule has 6 nitrogen and oxygen atoms in total. The summed E-state index contributed by atoms with van der Waals surface area (Å²) in [5.74, 6) is -0.223. The Labute approximate surface area is 141 Å². The van der Waals surface area contributed by atoms with Crippen molar-refractivity contribution in [3.05, 3.63) is 29.3 Å². The van der Waals surface area contributed by atoms with Gasteiger partial charge in [-0.05, 0) is 56.2 Å². The van der Waals surface area contributed by atoms with E-state index < -0.39 is 5.97 Å². The summed E-state index contributed by atoms with van der Waals surface area (Å²) in [7, 11) is 0. The van der Waals surface area contributed by atoms with Crippen LogP contribution in [-0.2, 0) is 4.79 Å². The number of hydrogen-bond donors (Lipinski definition) is 3. The molecule has 0 aromatic heterocycles. The van der Waals surface area contributed by atoms with Crippen LogP contribution < -0.4 is 5.32 Å². The molecule has 0 heterocycles. The van der Waals surface area contributed by atoms with E-state index >= 15 is 0 Å². The van der Waals surface area contributed by atoms with E-state index in [1.54, 1.807) is 19.1 Å². The molecule has 0 saturated heterocycles. The second-order valence-corrected chi connectivity index (χ2v) is 7.06. The molecule has 1 amide bonds. The SMILES string of the molecule is Cc1ccc(C(=O)NC2CC(N(CC(=O)O)CC3CC3)C2)cc1O. The van der Waals surface area contributed by atoms with Crippen molar-refractivity contribution in [1.82, 2.24) is 10.2 Å². The second-order valence-electron chi connectivity index (χ2n) is 7.06. The van der Waals surface area contributed by atoms with Gasteiger partial charge in [-0.1, -0.05) is 6.07 Å². The number of aromatic hydroxyl groups is 1. The van der Waals surface area contributed by atoms with Gasteiger partial charge in [-0.2, -0.15) is 0 Å². The summed E-state index contributed by atoms with van der Waals surface area (Å²) in [6, 6.07) is 5.20. The van der Waals surface area contributed by atoms with Gasteiger partial charge in [0.15, 0.2) is 0 Å². The van der Waals surface area contributed by atoms with E-state index in [9.17, 15) is 14.7 Å². The first-order valence-electron chi connectivity index (χ1n) is 8.48. The van der Waals surface area contributed by atoms with Crippen LogP contribution in [0.3, 0.4) is 0 Å². The lowest BCUT2D eigenvalue weighted by Crippen LogP contribution is -2.55. The van der Waals surface area contributed by atoms with Crippen molar-refractivity contribution >= 4 is 11.9 Å². The lowest BCUT2D eigenvalue weighted by molar-refractivity contribution is -0.139. The molecule has 3 N–H and O–H groups in total. The number of benzene rings is 1. The summed E-state index contributed by atoms with van der Waals surface area (Å²) in [6.45, 7) is 2.71. The number of carbonyl (C=O) groups excluding carboxylic acids is 1. The number of amides is 1. The summed E-state index contributed by atoms with van der Waals surface area (Å²) in [5, 5.41) is 21.7. The van der Waals surface area contributed by atoms with Crippen LogP contribution in [0.15, 0.2) is 18.2 Å². The third-order valence-electron chi connectivity index (χ3n) is 4.96. The molecule has 0 unspecified atom stereocenters. The Morgan fingerprint density at radius 2 is 2.00 bits per heavy atom. The van der Waals surface area contributed by atoms with Crippen molar-refractivity contribution < 1.29 is 19.8 Å². The fraction of sp³-hybridized carbons (Fsp3) is 0.556. The summed E-state index contributed by atoms with van der Waals surface area (Å²) in [4.78, 5) is 25.3. The summed E-state index contributed by atoms with van der Waals surface area (Å²) >= 11 is 0. The number of nitrogens with one attached hydrogen (secondary N) is 1. The molecule has 24 heavy (non-hydrogen) atoms. The quantitative estimate of drug-likeness (QED) is 0.708. The molecular formula is C18H24N2O4. The van der Waals surface area contributed by atoms with E-state index in [0.29, 0.717) is 11.5 Å². The molecule has 6 heteroatoms. The zero-order valence-corrected chi connectivity index (χ0v) is 13.9. The highest BCUT2D eigenvalue weighted by molar-refractivity contribution is 5.95. The van der Waals surface area contributed by atoms with Crippen molar-refractivity contribution in [1.29, 1.82) is 0 Å². The molecule has 0 spiro atoms. The molecule has 1 aromatic rings. The molecule has 2 saturated carbocycles. The first-order valence-corrected chi connectivity index (χ1v) is 8.48. The zero-order valence-electron chi connectivity index (χ0n) is 13.9. The van der Waals surface area contributed by atoms with Crippen LogP contribution in [0.5, 0.6) is 5.75 Å². The van der Waals surface area contributed by atoms with Crippen LogP contribution in [0, 0.1) is 12.8 Å². The number of phenolic OH excluding ortho intramolecular Hbond substituents is 1. The van der Waals surface area contributed by atoms with E-state index in [0.717, 1.165) is 24.9 Å². The average Bonchev–Trinajstić information content (AvgIpc) is 3.28. The second kappa shape index (κ2) is 6.81. The van der Waals surface area contributed by atoms with Crippen LogP contribution in [0.1, 0.15) is 41.6 Å². The molecule has 130 valence electrons. The zero-order chi connectivity index (χ0) is 17.3. The minimum absolute atomic E-state index is 0.0708. The largest absolute Gasteiger partial charge is 0.508 e. The van der Waals surface area contributed by atoms with Gasteiger partial charge in [0.2, 0.25) is 0 Å². The normalized spacial score (nSPS) is 22.9. The molecule has 3 rings (SSSR count). The monoisotopic (exact) mass is 332 g/mol. The van der Waals surface area contributed by atoms with Gasteiger partial charge >= 0.3 is 5.97 Å². The molecule has 0 aliphatic heterocycles. The van der Waals surface area contributed by atoms with Gasteiger partial charge in [-0.15, -0.1) is 0 Å². The van der Waals surface area contributed by atoms with Crippen LogP contribution in [0.2, 0.25) is 0 Å². The standard InChI is InChI=1S/C18H24N2O4/c1-11-2-5-13(6-16(11)21)18(24)19-14-7-15(8-14)20(10-17(22)23)9-12-3-4-12/h2,5-6,12,14-15,21H,3-4,7-10H2,1H3,(H,19,24)(H,22,23). The van der Waals surface area contributed by atoms with Gasteiger partial charge in [-0.3, -0.25) is 14.5 Å². The van der Waals surface area contributed by atoms with Gasteiger partial charge in [0.1, 0.15) is 5.75 Å². The van der Waals surface area contributed by atoms with Crippen molar-refractivity contribution in [2.75, 3.05) is 13.1 Å². The maximum absolute atomic E-state index is 12.2. The summed E-state index contributed by atoms with van der Waals surface area (Å²) in [5.41, 5.74) is 1.18. The van der Waals surface area contributed by atoms with Gasteiger partial charge in [0, 0.05) is 24.2 Å². The summed E-state index contributed by atoms with van der Waals surface area (Å²) < 4.78 is 0. The third kappa shape index (κ3) is 4.06. The molecule has 2 fully saturated rings. The molecular weight excluding hydrogens is 308 g/mol. The number of phenols is 1. The maximum Gasteiger partial charge on any atom is 0.317 e. The lowest BCUT2D eigenvalue weighted by Gasteiger charge is -2.42. The van der Waals surface area contributed by atoms with Crippen molar-refractivity contribution in [2.45, 2.75) is 44.7 Å². The number of rotatable bonds is 7. The lowest BCUT2D eigenvalue weighted by atomic mass is 9.85. The first kappa shape index (κ1) is 16.8. The minimum Gasteiger partial charge on any atom is -0.508 e. The maximum atomic E-state index is 12.2. The van der Waals surface area contributed by atoms with E-state index in [1.165, 1.54) is 18.9 Å². The fourth-order valence-electron chi connectivity index (χ4n) is 3.17. The van der Waals surface area contributed by atoms with Crippen LogP contribution >= 0.6 is 0 Å². The Morgan fingerprint density at radius 3 is 2.58 bits per heavy atom. The first-order chi connectivity index (χ1) is 11.4. The topological polar surface area (TPSA) is 89.9 Å². The van der Waals surface area contributed by atoms with Crippen LogP contribution in [0.25, 0.3) is 0 Å². The molecule has 0 atom stereocenters. The van der Waals surface area contributed by atoms with Crippen molar-refractivity contribution in [3.63, 3.8) is 0 Å². The van der Waals surface area contributed by atoms with E-state index in [-0.39, 0.29) is 30.3 Å². The molecule has 0 radical (unpaired) electrons. The molecule has 0 bridgehead atoms. The predicted octanol–water partition coefficient (Wildman–Crippen LogP) is 1.76. The van der Waals surface area contributed by atoms with Crippen LogP contribution in [-0.4, -0.2) is 52.2 Å². The number of carboxylic acid groups (broad SMARTS) is 1. The number of carbonyl (C=O) groups is 2. The third-order valence-corrected chi connectivity index (χ3v) is 4.96. The van der Waals surface area contributed by atoms with Crippen molar-refractivity contribution in [3.8, 4) is 5.75 Å². The predicted molar refractivity (Wildman–Crippen MR) is 89.1 cm³/mol. The minimum atomic E-state index is -0.793. The Hall–Kier alpha value is -2.08. The Balaban J connectivity index is 1.50. The number of hydrogen-bond acceptors (Lipinski definition) is 4. The van der Waals surface area contributed by atoms with Crippen LogP contribution in [0.4, 0.5) is 0 Å². The van der Waals surface area contributed by atoms with Gasteiger partial charge in [-0.25, -0.2) is 0 Å². The van der Waals surface area contributed by atoms with Crippen molar-refractivity contribution in [2.24, 2.45) is 5.92 Å². The smallest absolute Gasteiger partial charge is 0.317 e. The highest BCUT2D eigenvalue weighted by Gasteiger charge is 2.37. The number of aryl methyl sites for hydroxylation is 1. The Bertz CT molecular complexity index is 636.